The molecule has 3 aromatic rings. The molecule has 0 spiro atoms. The second-order valence-electron chi connectivity index (χ2n) is 8.05. The second-order valence-corrected chi connectivity index (χ2v) is 10.0. The fourth-order valence-electron chi connectivity index (χ4n) is 3.70. The highest BCUT2D eigenvalue weighted by molar-refractivity contribution is 7.90. The number of carbonyl (C=O) groups is 1. The van der Waals surface area contributed by atoms with Gasteiger partial charge in [-0.3, -0.25) is 4.79 Å². The van der Waals surface area contributed by atoms with Gasteiger partial charge in [0, 0.05) is 29.8 Å². The van der Waals surface area contributed by atoms with Crippen LogP contribution in [0, 0.1) is 18.6 Å². The standard InChI is InChI=1S/C23H21F5N2O4S/c1-12(31)8-16-11-17(22(32)29-15-5-7-21(19(25)10-15)35(3,33)34)13(2)30(16)20-6-4-14(24)9-18(20)23(26,27)28/h4-7,9-12,31H,8H2,1-3H3,(H,29,32)/t12-/m0/s1. The van der Waals surface area contributed by atoms with Gasteiger partial charge in [0.2, 0.25) is 0 Å². The summed E-state index contributed by atoms with van der Waals surface area (Å²) >= 11 is 0. The van der Waals surface area contributed by atoms with E-state index in [-0.39, 0.29) is 29.1 Å². The molecule has 1 atom stereocenters. The summed E-state index contributed by atoms with van der Waals surface area (Å²) in [4.78, 5) is 12.4. The van der Waals surface area contributed by atoms with E-state index in [1.165, 1.54) is 26.0 Å². The van der Waals surface area contributed by atoms with Gasteiger partial charge in [-0.15, -0.1) is 0 Å². The quantitative estimate of drug-likeness (QED) is 0.467. The monoisotopic (exact) mass is 516 g/mol. The van der Waals surface area contributed by atoms with Crippen LogP contribution in [0.15, 0.2) is 47.4 Å². The van der Waals surface area contributed by atoms with E-state index in [0.29, 0.717) is 6.07 Å². The third kappa shape index (κ3) is 5.70. The first kappa shape index (κ1) is 26.4. The van der Waals surface area contributed by atoms with Crippen LogP contribution in [0.1, 0.15) is 34.2 Å². The molecule has 3 rings (SSSR count). The number of sulfone groups is 1. The third-order valence-corrected chi connectivity index (χ3v) is 6.30. The molecule has 0 fully saturated rings. The van der Waals surface area contributed by atoms with Crippen LogP contribution in [0.2, 0.25) is 0 Å². The topological polar surface area (TPSA) is 88.4 Å². The van der Waals surface area contributed by atoms with Crippen molar-refractivity contribution in [1.29, 1.82) is 0 Å². The van der Waals surface area contributed by atoms with Crippen LogP contribution in [0.4, 0.5) is 27.6 Å². The molecule has 1 aromatic heterocycles. The first-order valence-corrected chi connectivity index (χ1v) is 12.1. The molecule has 0 saturated carbocycles. The van der Waals surface area contributed by atoms with Gasteiger partial charge in [0.15, 0.2) is 9.84 Å². The number of halogens is 5. The Morgan fingerprint density at radius 2 is 1.77 bits per heavy atom. The van der Waals surface area contributed by atoms with Gasteiger partial charge in [-0.2, -0.15) is 13.2 Å². The Morgan fingerprint density at radius 3 is 2.31 bits per heavy atom. The number of aliphatic hydroxyl groups excluding tert-OH is 1. The van der Waals surface area contributed by atoms with Gasteiger partial charge in [-0.05, 0) is 56.3 Å². The zero-order valence-corrected chi connectivity index (χ0v) is 19.6. The van der Waals surface area contributed by atoms with Crippen molar-refractivity contribution in [3.63, 3.8) is 0 Å². The minimum absolute atomic E-state index is 0.0588. The summed E-state index contributed by atoms with van der Waals surface area (Å²) in [6, 6.07) is 6.35. The number of carbonyl (C=O) groups excluding carboxylic acids is 1. The largest absolute Gasteiger partial charge is 0.418 e. The molecule has 0 aliphatic rings. The highest BCUT2D eigenvalue weighted by Crippen LogP contribution is 2.36. The zero-order chi connectivity index (χ0) is 26.3. The Kier molecular flexibility index (Phi) is 7.09. The van der Waals surface area contributed by atoms with Gasteiger partial charge < -0.3 is 15.0 Å². The summed E-state index contributed by atoms with van der Waals surface area (Å²) in [6.45, 7) is 2.78. The molecule has 6 nitrogen and oxygen atoms in total. The van der Waals surface area contributed by atoms with Crippen molar-refractivity contribution in [3.8, 4) is 5.69 Å². The molecule has 188 valence electrons. The first-order valence-electron chi connectivity index (χ1n) is 10.2. The fraction of sp³-hybridized carbons (Fsp3) is 0.261. The van der Waals surface area contributed by atoms with E-state index in [0.717, 1.165) is 35.1 Å². The van der Waals surface area contributed by atoms with E-state index in [2.05, 4.69) is 5.32 Å². The van der Waals surface area contributed by atoms with Gasteiger partial charge in [0.25, 0.3) is 5.91 Å². The summed E-state index contributed by atoms with van der Waals surface area (Å²) < 4.78 is 93.1. The normalized spacial score (nSPS) is 13.1. The molecule has 0 bridgehead atoms. The number of alkyl halides is 3. The fourth-order valence-corrected chi connectivity index (χ4v) is 4.43. The van der Waals surface area contributed by atoms with E-state index >= 15 is 0 Å². The van der Waals surface area contributed by atoms with Crippen LogP contribution in [-0.4, -0.2) is 36.4 Å². The molecule has 0 radical (unpaired) electrons. The Labute approximate surface area is 197 Å². The lowest BCUT2D eigenvalue weighted by atomic mass is 10.1. The van der Waals surface area contributed by atoms with Crippen molar-refractivity contribution in [1.82, 2.24) is 4.57 Å². The van der Waals surface area contributed by atoms with Crippen LogP contribution in [0.3, 0.4) is 0 Å². The van der Waals surface area contributed by atoms with Crippen molar-refractivity contribution < 1.29 is 40.3 Å². The van der Waals surface area contributed by atoms with Crippen molar-refractivity contribution in [2.75, 3.05) is 11.6 Å². The zero-order valence-electron chi connectivity index (χ0n) is 18.7. The summed E-state index contributed by atoms with van der Waals surface area (Å²) in [6.07, 6.45) is -5.19. The van der Waals surface area contributed by atoms with Crippen molar-refractivity contribution in [2.24, 2.45) is 0 Å². The molecular weight excluding hydrogens is 495 g/mol. The van der Waals surface area contributed by atoms with Crippen LogP contribution < -0.4 is 5.32 Å². The number of anilines is 1. The molecule has 2 N–H and O–H groups in total. The summed E-state index contributed by atoms with van der Waals surface area (Å²) in [5.74, 6) is -2.99. The average molecular weight is 516 g/mol. The van der Waals surface area contributed by atoms with E-state index < -0.39 is 55.8 Å². The van der Waals surface area contributed by atoms with Gasteiger partial charge in [0.05, 0.1) is 22.9 Å². The van der Waals surface area contributed by atoms with Crippen molar-refractivity contribution in [3.05, 3.63) is 76.6 Å². The van der Waals surface area contributed by atoms with E-state index in [9.17, 15) is 40.3 Å². The molecule has 1 heterocycles. The summed E-state index contributed by atoms with van der Waals surface area (Å²) in [7, 11) is -3.83. The highest BCUT2D eigenvalue weighted by atomic mass is 32.2. The van der Waals surface area contributed by atoms with Crippen LogP contribution in [0.5, 0.6) is 0 Å². The number of nitrogens with one attached hydrogen (secondary N) is 1. The van der Waals surface area contributed by atoms with Gasteiger partial charge in [-0.1, -0.05) is 0 Å². The number of amides is 1. The molecule has 35 heavy (non-hydrogen) atoms. The summed E-state index contributed by atoms with van der Waals surface area (Å²) in [5, 5.41) is 12.2. The molecular formula is C23H21F5N2O4S. The molecule has 2 aromatic carbocycles. The molecule has 0 aliphatic carbocycles. The smallest absolute Gasteiger partial charge is 0.393 e. The van der Waals surface area contributed by atoms with Crippen LogP contribution in [-0.2, 0) is 22.4 Å². The Balaban J connectivity index is 2.10. The maximum atomic E-state index is 14.2. The lowest BCUT2D eigenvalue weighted by Gasteiger charge is -2.18. The lowest BCUT2D eigenvalue weighted by Crippen LogP contribution is -2.16. The van der Waals surface area contributed by atoms with Gasteiger partial charge in [-0.25, -0.2) is 17.2 Å². The molecule has 0 aliphatic heterocycles. The number of aromatic nitrogens is 1. The Morgan fingerprint density at radius 1 is 1.11 bits per heavy atom. The van der Waals surface area contributed by atoms with E-state index in [1.807, 2.05) is 0 Å². The molecule has 1 amide bonds. The van der Waals surface area contributed by atoms with Crippen molar-refractivity contribution in [2.45, 2.75) is 37.4 Å². The number of rotatable bonds is 6. The second kappa shape index (κ2) is 9.42. The Hall–Kier alpha value is -3.25. The number of hydrogen-bond acceptors (Lipinski definition) is 4. The summed E-state index contributed by atoms with van der Waals surface area (Å²) in [5.41, 5.74) is -1.66. The average Bonchev–Trinajstić information content (AvgIpc) is 3.01. The van der Waals surface area contributed by atoms with Gasteiger partial charge in [0.1, 0.15) is 16.5 Å². The number of benzene rings is 2. The predicted molar refractivity (Wildman–Crippen MR) is 118 cm³/mol. The third-order valence-electron chi connectivity index (χ3n) is 5.17. The Bertz CT molecular complexity index is 1400. The van der Waals surface area contributed by atoms with Crippen molar-refractivity contribution >= 4 is 21.4 Å². The van der Waals surface area contributed by atoms with Gasteiger partial charge >= 0.3 is 6.18 Å². The number of aliphatic hydroxyl groups is 1. The van der Waals surface area contributed by atoms with E-state index in [4.69, 9.17) is 0 Å². The maximum Gasteiger partial charge on any atom is 0.418 e. The minimum Gasteiger partial charge on any atom is -0.393 e. The molecule has 0 unspecified atom stereocenters. The first-order chi connectivity index (χ1) is 16.1. The number of nitrogens with zero attached hydrogens (tertiary/aromatic N) is 1. The number of hydrogen-bond donors (Lipinski definition) is 2. The maximum absolute atomic E-state index is 14.2. The van der Waals surface area contributed by atoms with E-state index in [1.54, 1.807) is 0 Å². The highest BCUT2D eigenvalue weighted by Gasteiger charge is 2.35. The minimum atomic E-state index is -4.91. The molecule has 0 saturated heterocycles. The predicted octanol–water partition coefficient (Wildman–Crippen LogP) is 4.66. The molecule has 12 heteroatoms. The van der Waals surface area contributed by atoms with Crippen LogP contribution in [0.25, 0.3) is 5.69 Å². The van der Waals surface area contributed by atoms with Crippen LogP contribution >= 0.6 is 0 Å². The lowest BCUT2D eigenvalue weighted by molar-refractivity contribution is -0.137. The SMILES string of the molecule is Cc1c(C(=O)Nc2ccc(S(C)(=O)=O)c(F)c2)cc(C[C@H](C)O)n1-c1ccc(F)cc1C(F)(F)F.